The molecule has 49 heavy (non-hydrogen) atoms. The van der Waals surface area contributed by atoms with Crippen molar-refractivity contribution in [2.75, 3.05) is 33.0 Å². The van der Waals surface area contributed by atoms with Crippen molar-refractivity contribution in [1.82, 2.24) is 13.5 Å². The number of sulfonamides is 2. The summed E-state index contributed by atoms with van der Waals surface area (Å²) < 4.78 is 59.1. The molecule has 0 aromatic heterocycles. The minimum atomic E-state index is -4.03. The summed E-state index contributed by atoms with van der Waals surface area (Å²) >= 11 is 0. The van der Waals surface area contributed by atoms with Gasteiger partial charge in [-0.1, -0.05) is 65.7 Å². The average Bonchev–Trinajstić information content (AvgIpc) is 3.07. The maximum atomic E-state index is 14.1. The fourth-order valence-corrected chi connectivity index (χ4v) is 9.20. The zero-order valence-corrected chi connectivity index (χ0v) is 28.4. The predicted octanol–water partition coefficient (Wildman–Crippen LogP) is 4.35. The van der Waals surface area contributed by atoms with E-state index in [4.69, 9.17) is 0 Å². The summed E-state index contributed by atoms with van der Waals surface area (Å²) in [4.78, 5) is 12.7. The maximum Gasteiger partial charge on any atom is 0.270 e. The van der Waals surface area contributed by atoms with Crippen LogP contribution in [0.2, 0.25) is 0 Å². The number of rotatable bonds is 9. The third kappa shape index (κ3) is 6.89. The number of nitro groups is 1. The quantitative estimate of drug-likeness (QED) is 0.153. The van der Waals surface area contributed by atoms with Gasteiger partial charge in [-0.2, -0.15) is 18.8 Å². The van der Waals surface area contributed by atoms with Gasteiger partial charge < -0.3 is 5.11 Å². The Bertz CT molecular complexity index is 2070. The van der Waals surface area contributed by atoms with Crippen molar-refractivity contribution in [2.24, 2.45) is 15.6 Å². The van der Waals surface area contributed by atoms with Crippen molar-refractivity contribution >= 4 is 37.7 Å². The molecule has 0 unspecified atom stereocenters. The molecule has 2 heterocycles. The first-order valence-corrected chi connectivity index (χ1v) is 18.2. The predicted molar refractivity (Wildman–Crippen MR) is 184 cm³/mol. The SMILES string of the molecule is Cc1ccc(S(=O)(=O)N2CN3CN(S(=O)(=O)c4ccc(C)cc4)CC(/C(=N/N=C/c4cc([N+](=O)[O-])ccc4O)c4ccccc4)(C3)C2)cc1. The normalized spacial score (nSPS) is 20.8. The van der Waals surface area contributed by atoms with Gasteiger partial charge in [0.2, 0.25) is 20.0 Å². The Morgan fingerprint density at radius 3 is 1.84 bits per heavy atom. The van der Waals surface area contributed by atoms with Crippen LogP contribution in [0.4, 0.5) is 5.69 Å². The molecule has 13 nitrogen and oxygen atoms in total. The smallest absolute Gasteiger partial charge is 0.270 e. The Labute approximate surface area is 284 Å². The Kier molecular flexibility index (Phi) is 9.21. The second-order valence-corrected chi connectivity index (χ2v) is 16.2. The molecule has 254 valence electrons. The van der Waals surface area contributed by atoms with E-state index in [1.807, 2.05) is 13.8 Å². The first-order valence-electron chi connectivity index (χ1n) is 15.3. The summed E-state index contributed by atoms with van der Waals surface area (Å²) in [5.74, 6) is -0.254. The molecule has 2 saturated heterocycles. The van der Waals surface area contributed by atoms with Crippen LogP contribution in [-0.2, 0) is 20.0 Å². The largest absolute Gasteiger partial charge is 0.507 e. The number of fused-ring (bicyclic) bond motifs is 2. The van der Waals surface area contributed by atoms with Crippen LogP contribution in [0, 0.1) is 29.4 Å². The van der Waals surface area contributed by atoms with E-state index in [2.05, 4.69) is 10.2 Å². The van der Waals surface area contributed by atoms with Gasteiger partial charge in [0, 0.05) is 37.3 Å². The fraction of sp³-hybridized carbons (Fsp3) is 0.235. The molecule has 4 aromatic rings. The summed E-state index contributed by atoms with van der Waals surface area (Å²) in [6.45, 7) is 3.62. The summed E-state index contributed by atoms with van der Waals surface area (Å²) in [6, 6.07) is 25.5. The molecule has 4 aromatic carbocycles. The molecule has 0 radical (unpaired) electrons. The van der Waals surface area contributed by atoms with Crippen molar-refractivity contribution in [3.8, 4) is 5.75 Å². The first-order chi connectivity index (χ1) is 23.3. The van der Waals surface area contributed by atoms with Crippen molar-refractivity contribution in [3.63, 3.8) is 0 Å². The third-order valence-corrected chi connectivity index (χ3v) is 12.2. The van der Waals surface area contributed by atoms with Gasteiger partial charge in [-0.15, -0.1) is 0 Å². The number of nitrogens with zero attached hydrogens (tertiary/aromatic N) is 6. The zero-order valence-electron chi connectivity index (χ0n) is 26.7. The molecule has 0 atom stereocenters. The molecule has 2 aliphatic rings. The number of phenolic OH excluding ortho intramolecular Hbond substituents is 1. The highest BCUT2D eigenvalue weighted by Gasteiger charge is 2.53. The molecule has 0 saturated carbocycles. The number of aromatic hydroxyl groups is 1. The molecule has 0 spiro atoms. The van der Waals surface area contributed by atoms with Crippen LogP contribution in [0.25, 0.3) is 0 Å². The van der Waals surface area contributed by atoms with E-state index >= 15 is 0 Å². The minimum Gasteiger partial charge on any atom is -0.507 e. The van der Waals surface area contributed by atoms with Gasteiger partial charge >= 0.3 is 0 Å². The van der Waals surface area contributed by atoms with Gasteiger partial charge in [0.15, 0.2) is 0 Å². The minimum absolute atomic E-state index is 0.0453. The fourth-order valence-electron chi connectivity index (χ4n) is 6.18. The number of benzene rings is 4. The third-order valence-electron chi connectivity index (χ3n) is 8.64. The molecule has 2 fully saturated rings. The first kappa shape index (κ1) is 34.1. The second-order valence-electron chi connectivity index (χ2n) is 12.3. The molecule has 0 aliphatic carbocycles. The lowest BCUT2D eigenvalue weighted by Crippen LogP contribution is -2.69. The summed E-state index contributed by atoms with van der Waals surface area (Å²) in [5.41, 5.74) is 1.25. The maximum absolute atomic E-state index is 14.1. The molecule has 15 heteroatoms. The van der Waals surface area contributed by atoms with Crippen LogP contribution in [0.15, 0.2) is 117 Å². The van der Waals surface area contributed by atoms with Gasteiger partial charge in [-0.3, -0.25) is 15.0 Å². The van der Waals surface area contributed by atoms with Crippen molar-refractivity contribution in [1.29, 1.82) is 0 Å². The van der Waals surface area contributed by atoms with Crippen molar-refractivity contribution in [3.05, 3.63) is 129 Å². The highest BCUT2D eigenvalue weighted by molar-refractivity contribution is 7.89. The monoisotopic (exact) mass is 702 g/mol. The standard InChI is InChI=1S/C34H34N6O7S2/c1-25-8-13-30(14-9-25)48(44,45)38-21-34(20-37(23-38)24-39(22-34)49(46,47)31-15-10-26(2)11-16-31)33(27-6-4-3-5-7-27)36-35-19-28-18-29(40(42)43)12-17-32(28)41/h3-19,41H,20-24H2,1-2H3/b35-19+,36-33+. The topological polar surface area (TPSA) is 166 Å². The molecular formula is C34H34N6O7S2. The number of nitro benzene ring substituents is 1. The van der Waals surface area contributed by atoms with Gasteiger partial charge in [0.25, 0.3) is 5.69 Å². The van der Waals surface area contributed by atoms with E-state index in [0.717, 1.165) is 23.3 Å². The van der Waals surface area contributed by atoms with Gasteiger partial charge in [-0.25, -0.2) is 16.8 Å². The lowest BCUT2D eigenvalue weighted by atomic mass is 9.76. The zero-order chi connectivity index (χ0) is 35.0. The van der Waals surface area contributed by atoms with E-state index < -0.39 is 30.4 Å². The second kappa shape index (κ2) is 13.2. The highest BCUT2D eigenvalue weighted by atomic mass is 32.2. The average molecular weight is 703 g/mol. The van der Waals surface area contributed by atoms with E-state index in [1.54, 1.807) is 83.8 Å². The Morgan fingerprint density at radius 2 is 1.33 bits per heavy atom. The summed E-state index contributed by atoms with van der Waals surface area (Å²) in [7, 11) is -8.07. The molecule has 0 amide bonds. The van der Waals surface area contributed by atoms with E-state index in [-0.39, 0.29) is 59.8 Å². The van der Waals surface area contributed by atoms with Crippen molar-refractivity contribution < 1.29 is 26.9 Å². The van der Waals surface area contributed by atoms with Crippen LogP contribution in [-0.4, -0.2) is 85.3 Å². The number of non-ortho nitro benzene ring substituents is 1. The van der Waals surface area contributed by atoms with Gasteiger partial charge in [0.1, 0.15) is 5.75 Å². The molecular weight excluding hydrogens is 669 g/mol. The number of hydrogen-bond donors (Lipinski definition) is 1. The van der Waals surface area contributed by atoms with E-state index in [1.165, 1.54) is 20.9 Å². The lowest BCUT2D eigenvalue weighted by Gasteiger charge is -2.53. The summed E-state index contributed by atoms with van der Waals surface area (Å²) in [5, 5.41) is 30.5. The van der Waals surface area contributed by atoms with Crippen LogP contribution < -0.4 is 0 Å². The number of phenols is 1. The molecule has 1 N–H and O–H groups in total. The van der Waals surface area contributed by atoms with Crippen LogP contribution in [0.5, 0.6) is 5.75 Å². The van der Waals surface area contributed by atoms with Gasteiger partial charge in [0.05, 0.1) is 45.4 Å². The molecule has 2 bridgehead atoms. The molecule has 2 aliphatic heterocycles. The van der Waals surface area contributed by atoms with E-state index in [0.29, 0.717) is 11.3 Å². The van der Waals surface area contributed by atoms with E-state index in [9.17, 15) is 32.1 Å². The van der Waals surface area contributed by atoms with Crippen LogP contribution in [0.3, 0.4) is 0 Å². The Balaban J connectivity index is 1.49. The van der Waals surface area contributed by atoms with Crippen LogP contribution in [0.1, 0.15) is 22.3 Å². The highest BCUT2D eigenvalue weighted by Crippen LogP contribution is 2.39. The Hall–Kier alpha value is -4.80. The van der Waals surface area contributed by atoms with Crippen LogP contribution >= 0.6 is 0 Å². The van der Waals surface area contributed by atoms with Crippen molar-refractivity contribution in [2.45, 2.75) is 23.6 Å². The lowest BCUT2D eigenvalue weighted by molar-refractivity contribution is -0.384. The Morgan fingerprint density at radius 1 is 0.796 bits per heavy atom. The number of hydrogen-bond acceptors (Lipinski definition) is 10. The van der Waals surface area contributed by atoms with Gasteiger partial charge in [-0.05, 0) is 49.7 Å². The molecule has 6 rings (SSSR count). The number of aryl methyl sites for hydroxylation is 2. The summed E-state index contributed by atoms with van der Waals surface area (Å²) in [6.07, 6.45) is 1.17.